The molecule has 0 heteroatoms. The minimum atomic E-state index is 0.432. The Labute approximate surface area is 163 Å². The van der Waals surface area contributed by atoms with Gasteiger partial charge in [-0.25, -0.2) is 0 Å². The predicted molar refractivity (Wildman–Crippen MR) is 121 cm³/mol. The van der Waals surface area contributed by atoms with Crippen molar-refractivity contribution in [2.45, 2.75) is 123 Å². The molecule has 0 atom stereocenters. The summed E-state index contributed by atoms with van der Waals surface area (Å²) in [6, 6.07) is 0. The molecule has 1 saturated carbocycles. The van der Waals surface area contributed by atoms with Gasteiger partial charge in [0.2, 0.25) is 0 Å². The second-order valence-corrected chi connectivity index (χ2v) is 12.6. The fourth-order valence-corrected chi connectivity index (χ4v) is 1.38. The van der Waals surface area contributed by atoms with Gasteiger partial charge in [-0.05, 0) is 46.8 Å². The lowest BCUT2D eigenvalue weighted by Gasteiger charge is -2.15. The Bertz CT molecular complexity index is 296. The zero-order valence-corrected chi connectivity index (χ0v) is 20.7. The molecule has 0 saturated heterocycles. The van der Waals surface area contributed by atoms with Crippen molar-refractivity contribution in [3.05, 3.63) is 12.7 Å². The molecule has 0 bridgehead atoms. The molecule has 0 aromatic carbocycles. The summed E-state index contributed by atoms with van der Waals surface area (Å²) in [5.41, 5.74) is 2.09. The predicted octanol–water partition coefficient (Wildman–Crippen LogP) is 9.55. The lowest BCUT2D eigenvalue weighted by Crippen LogP contribution is -2.06. The van der Waals surface area contributed by atoms with E-state index in [1.54, 1.807) is 0 Å². The largest absolute Gasteiger partial charge is 0.103 e. The van der Waals surface area contributed by atoms with Crippen molar-refractivity contribution in [2.24, 2.45) is 27.6 Å². The highest BCUT2D eigenvalue weighted by Gasteiger charge is 2.33. The van der Waals surface area contributed by atoms with Crippen LogP contribution < -0.4 is 0 Å². The van der Waals surface area contributed by atoms with Crippen molar-refractivity contribution < 1.29 is 0 Å². The molecule has 0 aromatic rings. The van der Waals surface area contributed by atoms with E-state index in [2.05, 4.69) is 104 Å². The molecule has 1 rings (SSSR count). The Balaban J connectivity index is -0.000000261. The van der Waals surface area contributed by atoms with Gasteiger partial charge in [0.15, 0.2) is 0 Å². The van der Waals surface area contributed by atoms with Crippen molar-refractivity contribution in [1.82, 2.24) is 0 Å². The fraction of sp³-hybridized carbons (Fsp3) is 0.920. The molecule has 0 aliphatic heterocycles. The van der Waals surface area contributed by atoms with Crippen LogP contribution in [0.15, 0.2) is 12.7 Å². The monoisotopic (exact) mass is 354 g/mol. The van der Waals surface area contributed by atoms with E-state index in [0.717, 1.165) is 12.3 Å². The van der Waals surface area contributed by atoms with Crippen LogP contribution in [0.25, 0.3) is 0 Å². The van der Waals surface area contributed by atoms with Gasteiger partial charge in [0.05, 0.1) is 0 Å². The number of allylic oxidation sites excluding steroid dienone is 1. The van der Waals surface area contributed by atoms with Crippen molar-refractivity contribution in [2.75, 3.05) is 0 Å². The first kappa shape index (κ1) is 29.5. The van der Waals surface area contributed by atoms with E-state index in [4.69, 9.17) is 0 Å². The standard InChI is InChI=1S/2C7H14.C6H14.C5H12/c1-7(2,3)6-4-5-6;1-5-6-7(2,3)4;1-5-6(2,3)4;1-5(2,3)4/h6H,4-5H2,1-3H3;5H,1,6H2,2-4H3;5H2,1-4H3;1-4H3. The van der Waals surface area contributed by atoms with Crippen LogP contribution in [0, 0.1) is 27.6 Å². The topological polar surface area (TPSA) is 0 Å². The highest BCUT2D eigenvalue weighted by molar-refractivity contribution is 4.84. The molecule has 1 aliphatic rings. The van der Waals surface area contributed by atoms with Gasteiger partial charge in [0.25, 0.3) is 0 Å². The maximum Gasteiger partial charge on any atom is -0.0304 e. The quantitative estimate of drug-likeness (QED) is 0.411. The molecular formula is C25H54. The average Bonchev–Trinajstić information content (AvgIpc) is 3.07. The van der Waals surface area contributed by atoms with E-state index in [1.165, 1.54) is 19.3 Å². The zero-order chi connectivity index (χ0) is 21.1. The van der Waals surface area contributed by atoms with Gasteiger partial charge < -0.3 is 0 Å². The molecule has 0 unspecified atom stereocenters. The maximum atomic E-state index is 3.65. The first-order valence-electron chi connectivity index (χ1n) is 10.3. The lowest BCUT2D eigenvalue weighted by atomic mass is 9.91. The van der Waals surface area contributed by atoms with E-state index < -0.39 is 0 Å². The van der Waals surface area contributed by atoms with Crippen molar-refractivity contribution in [3.8, 4) is 0 Å². The van der Waals surface area contributed by atoms with Crippen LogP contribution >= 0.6 is 0 Å². The molecule has 0 heterocycles. The van der Waals surface area contributed by atoms with E-state index in [9.17, 15) is 0 Å². The minimum absolute atomic E-state index is 0.432. The summed E-state index contributed by atoms with van der Waals surface area (Å²) >= 11 is 0. The Hall–Kier alpha value is -0.260. The average molecular weight is 355 g/mol. The summed E-state index contributed by atoms with van der Waals surface area (Å²) in [5.74, 6) is 1.05. The van der Waals surface area contributed by atoms with Crippen LogP contribution in [0.2, 0.25) is 0 Å². The van der Waals surface area contributed by atoms with Crippen LogP contribution in [0.1, 0.15) is 123 Å². The Morgan fingerprint density at radius 3 is 1.00 bits per heavy atom. The number of hydrogen-bond donors (Lipinski definition) is 0. The highest BCUT2D eigenvalue weighted by Crippen LogP contribution is 2.44. The van der Waals surface area contributed by atoms with E-state index in [0.29, 0.717) is 21.7 Å². The Kier molecular flexibility index (Phi) is 14.4. The van der Waals surface area contributed by atoms with Crippen LogP contribution in [-0.2, 0) is 0 Å². The molecule has 1 aliphatic carbocycles. The number of hydrogen-bond acceptors (Lipinski definition) is 0. The SMILES string of the molecule is C=CCC(C)(C)C.CC(C)(C)C.CC(C)(C)C1CC1.CCC(C)(C)C. The molecule has 0 aromatic heterocycles. The van der Waals surface area contributed by atoms with Gasteiger partial charge in [-0.1, -0.05) is 109 Å². The Morgan fingerprint density at radius 2 is 1.00 bits per heavy atom. The molecule has 25 heavy (non-hydrogen) atoms. The summed E-state index contributed by atoms with van der Waals surface area (Å²) in [4.78, 5) is 0. The van der Waals surface area contributed by atoms with Gasteiger partial charge in [0.1, 0.15) is 0 Å². The summed E-state index contributed by atoms with van der Waals surface area (Å²) < 4.78 is 0. The molecule has 1 fully saturated rings. The molecule has 0 N–H and O–H groups in total. The fourth-order valence-electron chi connectivity index (χ4n) is 1.38. The van der Waals surface area contributed by atoms with Gasteiger partial charge in [-0.3, -0.25) is 0 Å². The van der Waals surface area contributed by atoms with E-state index in [1.807, 2.05) is 6.08 Å². The highest BCUT2D eigenvalue weighted by atomic mass is 14.4. The third-order valence-electron chi connectivity index (χ3n) is 3.62. The minimum Gasteiger partial charge on any atom is -0.103 e. The second-order valence-electron chi connectivity index (χ2n) is 12.6. The van der Waals surface area contributed by atoms with Crippen LogP contribution in [-0.4, -0.2) is 0 Å². The zero-order valence-electron chi connectivity index (χ0n) is 20.7. The van der Waals surface area contributed by atoms with Crippen LogP contribution in [0.5, 0.6) is 0 Å². The van der Waals surface area contributed by atoms with Crippen LogP contribution in [0.3, 0.4) is 0 Å². The van der Waals surface area contributed by atoms with Crippen molar-refractivity contribution in [1.29, 1.82) is 0 Å². The molecule has 0 nitrogen and oxygen atoms in total. The third kappa shape index (κ3) is 45.3. The smallest absolute Gasteiger partial charge is 0.0304 e. The van der Waals surface area contributed by atoms with E-state index >= 15 is 0 Å². The van der Waals surface area contributed by atoms with Gasteiger partial charge >= 0.3 is 0 Å². The van der Waals surface area contributed by atoms with Gasteiger partial charge in [0, 0.05) is 0 Å². The summed E-state index contributed by atoms with van der Waals surface area (Å²) in [5, 5.41) is 0. The second kappa shape index (κ2) is 12.2. The van der Waals surface area contributed by atoms with Crippen molar-refractivity contribution >= 4 is 0 Å². The summed E-state index contributed by atoms with van der Waals surface area (Å²) in [6.07, 6.45) is 7.28. The Morgan fingerprint density at radius 1 is 0.720 bits per heavy atom. The molecular weight excluding hydrogens is 300 g/mol. The summed E-state index contributed by atoms with van der Waals surface area (Å²) in [7, 11) is 0. The normalized spacial score (nSPS) is 14.8. The molecule has 0 amide bonds. The first-order valence-corrected chi connectivity index (χ1v) is 10.3. The van der Waals surface area contributed by atoms with Gasteiger partial charge in [-0.15, -0.1) is 6.58 Å². The lowest BCUT2D eigenvalue weighted by molar-refractivity contribution is 0.351. The van der Waals surface area contributed by atoms with E-state index in [-0.39, 0.29) is 0 Å². The van der Waals surface area contributed by atoms with Crippen LogP contribution in [0.4, 0.5) is 0 Å². The van der Waals surface area contributed by atoms with Crippen molar-refractivity contribution in [3.63, 3.8) is 0 Å². The molecule has 0 radical (unpaired) electrons. The van der Waals surface area contributed by atoms with Gasteiger partial charge in [-0.2, -0.15) is 0 Å². The summed E-state index contributed by atoms with van der Waals surface area (Å²) in [6.45, 7) is 34.9. The maximum absolute atomic E-state index is 3.65. The first-order chi connectivity index (χ1) is 10.7. The third-order valence-corrected chi connectivity index (χ3v) is 3.62. The molecule has 0 spiro atoms. The number of rotatable bonds is 1. The molecule has 154 valence electrons.